The number of amides is 10. The number of hydrogen-bond donors (Lipinski definition) is 9. The van der Waals surface area contributed by atoms with Crippen molar-refractivity contribution in [3.05, 3.63) is 216 Å². The van der Waals surface area contributed by atoms with Crippen LogP contribution in [0.5, 0.6) is 0 Å². The van der Waals surface area contributed by atoms with Gasteiger partial charge >= 0.3 is 0 Å². The van der Waals surface area contributed by atoms with E-state index in [1.54, 1.807) is 97.8 Å². The van der Waals surface area contributed by atoms with Gasteiger partial charge in [0, 0.05) is 114 Å². The molecule has 0 radical (unpaired) electrons. The average molecular weight is 1890 g/mol. The van der Waals surface area contributed by atoms with Gasteiger partial charge in [0.15, 0.2) is 0 Å². The Morgan fingerprint density at radius 2 is 0.662 bits per heavy atom. The highest BCUT2D eigenvalue weighted by Crippen LogP contribution is 2.30. The number of H-pyrrole nitrogens is 3. The van der Waals surface area contributed by atoms with E-state index in [1.807, 2.05) is 138 Å². The standard InChI is InChI=1S/C22H21N5O3.C21H18FN5O2.C17H16N4O2.C16H15N5O2.C15H15N5O2.6C2H6/c23-11-16-2-1-9-27(16)20(29)12-25-22(30)17-7-8-24-21-18(17)10-19(26-21)15-5-3-14(13-28)4-6-15;22-14-5-3-13(4-6-14)18-10-17-16(7-8-24-20(17)26-18)21(29)25-12-19(28)27-9-1-2-15(27)11-23;18-10-12-4-3-9-21(12)16(22)11-20-17(23)14-7-8-19-15-6-2-1-5-13(14)15;17-8-11-2-1-7-21(11)15(22)10-20-16(23)13-4-6-19-14-9-18-5-3-12(13)14;16-8-10-2-1-7-20(10)13(21)9-19-15(22)12-4-6-18-14-11(12)3-5-17-14;6*1-2/h3-8,10,16,28H,1-2,9,12-13H2,(H,24,26)(H,25,30);3-8,10,15H,1-2,9,12H2,(H,24,26)(H,25,29);1-2,5-8,12H,3-4,9,11H2,(H,20,23);3-6,9,11H,1-2,7,10H2,(H,20,23);3-6,10H,1-2,7,9H2,(H,17,18)(H,19,22);6*1-2H3/t16-;15-;12-;11-;10-;;;;;;/m00000....../s1. The van der Waals surface area contributed by atoms with Crippen LogP contribution in [0.2, 0.25) is 0 Å². The molecule has 35 nitrogen and oxygen atoms in total. The third-order valence-electron chi connectivity index (χ3n) is 22.2. The van der Waals surface area contributed by atoms with E-state index in [9.17, 15) is 57.4 Å². The van der Waals surface area contributed by atoms with Crippen molar-refractivity contribution in [2.24, 2.45) is 0 Å². The number of rotatable bonds is 18. The third-order valence-corrected chi connectivity index (χ3v) is 22.2. The Hall–Kier alpha value is -16.3. The molecule has 5 fully saturated rings. The lowest BCUT2D eigenvalue weighted by atomic mass is 10.1. The van der Waals surface area contributed by atoms with Crippen molar-refractivity contribution in [1.82, 2.24) is 95.9 Å². The zero-order valence-electron chi connectivity index (χ0n) is 80.5. The van der Waals surface area contributed by atoms with Gasteiger partial charge in [-0.25, -0.2) is 19.3 Å². The number of nitriles is 5. The minimum atomic E-state index is -0.421. The van der Waals surface area contributed by atoms with E-state index in [4.69, 9.17) is 26.3 Å². The average Bonchev–Trinajstić information content (AvgIpc) is 1.66. The molecule has 9 N–H and O–H groups in total. The van der Waals surface area contributed by atoms with Gasteiger partial charge in [0.25, 0.3) is 29.5 Å². The summed E-state index contributed by atoms with van der Waals surface area (Å²) < 4.78 is 13.2. The molecule has 0 bridgehead atoms. The number of nitrogens with zero attached hydrogens (tertiary/aromatic N) is 16. The smallest absolute Gasteiger partial charge is 0.252 e. The number of benzene rings is 3. The van der Waals surface area contributed by atoms with Gasteiger partial charge < -0.3 is 71.1 Å². The van der Waals surface area contributed by atoms with Gasteiger partial charge in [-0.3, -0.25) is 62.9 Å². The second-order valence-corrected chi connectivity index (χ2v) is 30.0. The number of halogens is 1. The first kappa shape index (κ1) is 110. The zero-order chi connectivity index (χ0) is 101. The second-order valence-electron chi connectivity index (χ2n) is 30.0. The van der Waals surface area contributed by atoms with Crippen molar-refractivity contribution < 1.29 is 57.4 Å². The van der Waals surface area contributed by atoms with Crippen LogP contribution >= 0.6 is 0 Å². The first-order valence-electron chi connectivity index (χ1n) is 47.0. The van der Waals surface area contributed by atoms with E-state index in [0.717, 1.165) is 65.4 Å². The van der Waals surface area contributed by atoms with Gasteiger partial charge in [-0.05, 0) is 166 Å². The largest absolute Gasteiger partial charge is 0.392 e. The first-order chi connectivity index (χ1) is 67.8. The molecule has 0 aliphatic carbocycles. The maximum atomic E-state index is 13.2. The van der Waals surface area contributed by atoms with Crippen LogP contribution in [-0.4, -0.2) is 229 Å². The molecule has 9 aromatic heterocycles. The summed E-state index contributed by atoms with van der Waals surface area (Å²) in [5.41, 5.74) is 9.26. The number of aromatic nitrogens is 9. The van der Waals surface area contributed by atoms with Crippen molar-refractivity contribution in [3.63, 3.8) is 0 Å². The Morgan fingerprint density at radius 3 is 1.01 bits per heavy atom. The summed E-state index contributed by atoms with van der Waals surface area (Å²) >= 11 is 0. The molecule has 3 aromatic carbocycles. The van der Waals surface area contributed by atoms with Crippen LogP contribution in [-0.2, 0) is 30.6 Å². The summed E-state index contributed by atoms with van der Waals surface area (Å²) in [5.74, 6) is -3.29. The van der Waals surface area contributed by atoms with Gasteiger partial charge in [-0.1, -0.05) is 126 Å². The minimum Gasteiger partial charge on any atom is -0.392 e. The Labute approximate surface area is 808 Å². The SMILES string of the molecule is CC.CC.CC.CC.CC.CC.N#C[C@@H]1CCCN1C(=O)CNC(=O)c1ccnc2[nH]c(-c3ccc(CO)cc3)cc12.N#C[C@@H]1CCCN1C(=O)CNC(=O)c1ccnc2[nH]c(-c3ccc(F)cc3)cc12.N#C[C@@H]1CCCN1C(=O)CNC(=O)c1ccnc2[nH]ccc12.N#C[C@@H]1CCCN1C(=O)CNC(=O)c1ccnc2ccccc12.N#C[C@@H]1CCCN1C(=O)CNC(=O)c1ccnc2cnccc12. The molecule has 14 heterocycles. The number of pyridine rings is 6. The molecule has 36 heteroatoms. The van der Waals surface area contributed by atoms with Crippen LogP contribution < -0.4 is 26.6 Å². The van der Waals surface area contributed by atoms with Crippen molar-refractivity contribution in [2.45, 2.75) is 184 Å². The number of aliphatic hydroxyl groups is 1. The number of aliphatic hydroxyl groups excluding tert-OH is 1. The highest BCUT2D eigenvalue weighted by atomic mass is 19.1. The van der Waals surface area contributed by atoms with Crippen LogP contribution in [0, 0.1) is 62.5 Å². The Balaban J connectivity index is 0.000000231. The second kappa shape index (κ2) is 57.5. The lowest BCUT2D eigenvalue weighted by Crippen LogP contribution is -2.42. The molecule has 726 valence electrons. The predicted molar refractivity (Wildman–Crippen MR) is 528 cm³/mol. The summed E-state index contributed by atoms with van der Waals surface area (Å²) in [5, 5.41) is 71.1. The van der Waals surface area contributed by atoms with E-state index >= 15 is 0 Å². The van der Waals surface area contributed by atoms with Crippen molar-refractivity contribution >= 4 is 114 Å². The Kier molecular flexibility index (Phi) is 45.4. The van der Waals surface area contributed by atoms with Crippen LogP contribution in [0.25, 0.3) is 77.4 Å². The number of nitrogens with one attached hydrogen (secondary N) is 8. The molecular formula is C103H121FN24O11. The number of fused-ring (bicyclic) bond motifs is 5. The van der Waals surface area contributed by atoms with Crippen LogP contribution in [0.15, 0.2) is 177 Å². The summed E-state index contributed by atoms with van der Waals surface area (Å²) in [6, 6.07) is 44.6. The molecule has 0 unspecified atom stereocenters. The Bertz CT molecular complexity index is 6220. The van der Waals surface area contributed by atoms with Gasteiger partial charge in [-0.2, -0.15) is 26.3 Å². The molecular weight excluding hydrogens is 1770 g/mol. The molecule has 5 aliphatic rings. The van der Waals surface area contributed by atoms with Gasteiger partial charge in [0.2, 0.25) is 29.5 Å². The van der Waals surface area contributed by atoms with Gasteiger partial charge in [0.1, 0.15) is 53.0 Å². The fraction of sp³-hybridized carbons (Fsp3) is 0.369. The van der Waals surface area contributed by atoms with E-state index in [1.165, 1.54) is 49.0 Å². The molecule has 139 heavy (non-hydrogen) atoms. The monoisotopic (exact) mass is 1890 g/mol. The normalized spacial score (nSPS) is 15.4. The molecule has 5 aliphatic heterocycles. The van der Waals surface area contributed by atoms with Crippen LogP contribution in [0.4, 0.5) is 4.39 Å². The van der Waals surface area contributed by atoms with Crippen LogP contribution in [0.3, 0.4) is 0 Å². The quantitative estimate of drug-likeness (QED) is 0.0385. The lowest BCUT2D eigenvalue weighted by Gasteiger charge is -2.19. The third kappa shape index (κ3) is 29.1. The lowest BCUT2D eigenvalue weighted by molar-refractivity contribution is -0.130. The molecule has 5 atom stereocenters. The maximum absolute atomic E-state index is 13.2. The highest BCUT2D eigenvalue weighted by Gasteiger charge is 2.34. The van der Waals surface area contributed by atoms with E-state index < -0.39 is 18.0 Å². The summed E-state index contributed by atoms with van der Waals surface area (Å²) in [6.45, 7) is 26.1. The van der Waals surface area contributed by atoms with Gasteiger partial charge in [-0.15, -0.1) is 0 Å². The first-order valence-corrected chi connectivity index (χ1v) is 47.0. The minimum absolute atomic E-state index is 0.0237. The topological polar surface area (TPSA) is 511 Å². The Morgan fingerprint density at radius 1 is 0.360 bits per heavy atom. The number of para-hydroxylation sites is 1. The van der Waals surface area contributed by atoms with Gasteiger partial charge in [0.05, 0.1) is 115 Å². The number of carbonyl (C=O) groups is 10. The molecule has 17 rings (SSSR count). The fourth-order valence-corrected chi connectivity index (χ4v) is 15.6. The number of likely N-dealkylation sites (tertiary alicyclic amines) is 5. The molecule has 10 amide bonds. The molecule has 0 spiro atoms. The molecule has 0 saturated carbocycles. The predicted octanol–water partition coefficient (Wildman–Crippen LogP) is 13.9. The van der Waals surface area contributed by atoms with E-state index in [-0.39, 0.29) is 116 Å². The fourth-order valence-electron chi connectivity index (χ4n) is 15.6. The number of carbonyl (C=O) groups excluding carboxylic acids is 10. The van der Waals surface area contributed by atoms with Crippen molar-refractivity contribution in [1.29, 1.82) is 26.3 Å². The van der Waals surface area contributed by atoms with E-state index in [0.29, 0.717) is 142 Å². The van der Waals surface area contributed by atoms with Crippen LogP contribution in [0.1, 0.15) is 205 Å². The van der Waals surface area contributed by atoms with Crippen molar-refractivity contribution in [2.75, 3.05) is 65.4 Å². The van der Waals surface area contributed by atoms with Crippen molar-refractivity contribution in [3.8, 4) is 52.9 Å². The summed E-state index contributed by atoms with van der Waals surface area (Å²) in [7, 11) is 0. The molecule has 12 aromatic rings. The molecule has 5 saturated heterocycles. The number of aromatic amines is 3. The highest BCUT2D eigenvalue weighted by molar-refractivity contribution is 6.11. The number of hydrogen-bond acceptors (Lipinski definition) is 22. The summed E-state index contributed by atoms with van der Waals surface area (Å²) in [4.78, 5) is 165. The van der Waals surface area contributed by atoms with E-state index in [2.05, 4.69) is 102 Å². The zero-order valence-corrected chi connectivity index (χ0v) is 80.5. The summed E-state index contributed by atoms with van der Waals surface area (Å²) in [6.07, 6.45) is 20.1. The maximum Gasteiger partial charge on any atom is 0.252 e.